The second kappa shape index (κ2) is 6.43. The number of nitrogens with zero attached hydrogens (tertiary/aromatic N) is 2. The van der Waals surface area contributed by atoms with Crippen LogP contribution in [0.5, 0.6) is 5.75 Å². The third kappa shape index (κ3) is 3.51. The number of methoxy groups -OCH3 is 1. The summed E-state index contributed by atoms with van der Waals surface area (Å²) in [7, 11) is 3.65. The van der Waals surface area contributed by atoms with Gasteiger partial charge in [-0.15, -0.1) is 0 Å². The lowest BCUT2D eigenvalue weighted by atomic mass is 10.1. The number of likely N-dealkylation sites (N-methyl/N-ethyl adjacent to an activating group) is 1. The number of amides is 1. The smallest absolute Gasteiger partial charge is 0.246 e. The van der Waals surface area contributed by atoms with Crippen LogP contribution in [0.3, 0.4) is 0 Å². The van der Waals surface area contributed by atoms with Crippen LogP contribution < -0.4 is 10.5 Å². The summed E-state index contributed by atoms with van der Waals surface area (Å²) in [6.07, 6.45) is 3.39. The lowest BCUT2D eigenvalue weighted by Crippen LogP contribution is -2.46. The average Bonchev–Trinajstić information content (AvgIpc) is 2.45. The van der Waals surface area contributed by atoms with E-state index in [1.54, 1.807) is 31.4 Å². The third-order valence-corrected chi connectivity index (χ3v) is 3.49. The molecule has 1 aliphatic rings. The summed E-state index contributed by atoms with van der Waals surface area (Å²) in [5, 5.41) is 0. The molecular formula is C15H21N3O2. The van der Waals surface area contributed by atoms with Crippen LogP contribution in [0.15, 0.2) is 24.3 Å². The second-order valence-corrected chi connectivity index (χ2v) is 4.96. The zero-order valence-corrected chi connectivity index (χ0v) is 12.0. The average molecular weight is 275 g/mol. The third-order valence-electron chi connectivity index (χ3n) is 3.49. The van der Waals surface area contributed by atoms with Crippen molar-refractivity contribution in [2.24, 2.45) is 0 Å². The van der Waals surface area contributed by atoms with Gasteiger partial charge in [-0.2, -0.15) is 0 Å². The van der Waals surface area contributed by atoms with E-state index in [1.165, 1.54) is 0 Å². The largest absolute Gasteiger partial charge is 0.495 e. The molecule has 1 heterocycles. The highest BCUT2D eigenvalue weighted by atomic mass is 16.5. The van der Waals surface area contributed by atoms with Crippen LogP contribution in [-0.4, -0.2) is 56.0 Å². The van der Waals surface area contributed by atoms with Gasteiger partial charge in [-0.3, -0.25) is 4.79 Å². The highest BCUT2D eigenvalue weighted by Crippen LogP contribution is 2.22. The minimum Gasteiger partial charge on any atom is -0.495 e. The molecule has 2 rings (SSSR count). The Hall–Kier alpha value is -2.01. The molecule has 0 bridgehead atoms. The van der Waals surface area contributed by atoms with Gasteiger partial charge >= 0.3 is 0 Å². The predicted molar refractivity (Wildman–Crippen MR) is 80.5 cm³/mol. The molecule has 1 saturated heterocycles. The van der Waals surface area contributed by atoms with Gasteiger partial charge in [0.05, 0.1) is 12.8 Å². The zero-order valence-electron chi connectivity index (χ0n) is 12.0. The van der Waals surface area contributed by atoms with Crippen LogP contribution in [0, 0.1) is 0 Å². The van der Waals surface area contributed by atoms with Crippen molar-refractivity contribution in [3.8, 4) is 5.75 Å². The Morgan fingerprint density at radius 3 is 2.60 bits per heavy atom. The number of rotatable bonds is 3. The summed E-state index contributed by atoms with van der Waals surface area (Å²) in [5.41, 5.74) is 7.30. The first-order chi connectivity index (χ1) is 9.60. The highest BCUT2D eigenvalue weighted by Gasteiger charge is 2.16. The number of anilines is 1. The molecule has 5 nitrogen and oxygen atoms in total. The number of hydrogen-bond acceptors (Lipinski definition) is 4. The summed E-state index contributed by atoms with van der Waals surface area (Å²) < 4.78 is 5.10. The Balaban J connectivity index is 1.98. The zero-order chi connectivity index (χ0) is 14.5. The van der Waals surface area contributed by atoms with Crippen LogP contribution in [0.1, 0.15) is 5.56 Å². The molecule has 0 radical (unpaired) electrons. The number of benzene rings is 1. The van der Waals surface area contributed by atoms with E-state index in [0.717, 1.165) is 31.7 Å². The number of ether oxygens (including phenoxy) is 1. The van der Waals surface area contributed by atoms with E-state index in [0.29, 0.717) is 11.4 Å². The van der Waals surface area contributed by atoms with Crippen molar-refractivity contribution >= 4 is 17.7 Å². The van der Waals surface area contributed by atoms with Crippen LogP contribution in [0.25, 0.3) is 6.08 Å². The Labute approximate surface area is 119 Å². The van der Waals surface area contributed by atoms with Gasteiger partial charge < -0.3 is 20.3 Å². The van der Waals surface area contributed by atoms with Gasteiger partial charge in [0, 0.05) is 32.3 Å². The van der Waals surface area contributed by atoms with Crippen LogP contribution in [0.4, 0.5) is 5.69 Å². The van der Waals surface area contributed by atoms with Gasteiger partial charge in [-0.1, -0.05) is 6.07 Å². The molecule has 5 heteroatoms. The van der Waals surface area contributed by atoms with E-state index < -0.39 is 0 Å². The topological polar surface area (TPSA) is 58.8 Å². The van der Waals surface area contributed by atoms with Gasteiger partial charge in [0.15, 0.2) is 0 Å². The lowest BCUT2D eigenvalue weighted by molar-refractivity contribution is -0.127. The summed E-state index contributed by atoms with van der Waals surface area (Å²) in [6, 6.07) is 5.48. The first-order valence-corrected chi connectivity index (χ1v) is 6.69. The Morgan fingerprint density at radius 1 is 1.30 bits per heavy atom. The maximum absolute atomic E-state index is 12.1. The first kappa shape index (κ1) is 14.4. The fourth-order valence-electron chi connectivity index (χ4n) is 2.16. The first-order valence-electron chi connectivity index (χ1n) is 6.69. The molecule has 1 aliphatic heterocycles. The maximum atomic E-state index is 12.1. The number of piperazine rings is 1. The second-order valence-electron chi connectivity index (χ2n) is 4.96. The molecule has 0 aromatic heterocycles. The molecule has 1 fully saturated rings. The van der Waals surface area contributed by atoms with Gasteiger partial charge in [0.2, 0.25) is 5.91 Å². The summed E-state index contributed by atoms with van der Waals surface area (Å²) in [5.74, 6) is 0.694. The van der Waals surface area contributed by atoms with Gasteiger partial charge in [-0.05, 0) is 30.8 Å². The van der Waals surface area contributed by atoms with E-state index in [4.69, 9.17) is 10.5 Å². The van der Waals surface area contributed by atoms with Crippen molar-refractivity contribution in [3.63, 3.8) is 0 Å². The Morgan fingerprint density at radius 2 is 2.00 bits per heavy atom. The quantitative estimate of drug-likeness (QED) is 0.662. The molecule has 0 unspecified atom stereocenters. The molecule has 0 atom stereocenters. The fraction of sp³-hybridized carbons (Fsp3) is 0.400. The molecule has 0 aliphatic carbocycles. The molecule has 1 aromatic rings. The van der Waals surface area contributed by atoms with Gasteiger partial charge in [0.1, 0.15) is 5.75 Å². The van der Waals surface area contributed by atoms with Crippen molar-refractivity contribution < 1.29 is 9.53 Å². The monoisotopic (exact) mass is 275 g/mol. The predicted octanol–water partition coefficient (Wildman–Crippen LogP) is 1.06. The summed E-state index contributed by atoms with van der Waals surface area (Å²) in [6.45, 7) is 3.42. The summed E-state index contributed by atoms with van der Waals surface area (Å²) in [4.78, 5) is 16.1. The van der Waals surface area contributed by atoms with E-state index >= 15 is 0 Å². The minimum atomic E-state index is 0.0486. The number of carbonyl (C=O) groups excluding carboxylic acids is 1. The van der Waals surface area contributed by atoms with E-state index in [9.17, 15) is 4.79 Å². The van der Waals surface area contributed by atoms with Gasteiger partial charge in [-0.25, -0.2) is 0 Å². The Bertz CT molecular complexity index is 506. The SMILES string of the molecule is COc1ccc(/C=C/C(=O)N2CCN(C)CC2)cc1N. The fourth-order valence-corrected chi connectivity index (χ4v) is 2.16. The molecule has 0 spiro atoms. The van der Waals surface area contributed by atoms with Crippen molar-refractivity contribution in [1.29, 1.82) is 0 Å². The Kier molecular flexibility index (Phi) is 4.63. The standard InChI is InChI=1S/C15H21N3O2/c1-17-7-9-18(10-8-17)15(19)6-4-12-3-5-14(20-2)13(16)11-12/h3-6,11H,7-10,16H2,1-2H3/b6-4+. The molecular weight excluding hydrogens is 254 g/mol. The van der Waals surface area contributed by atoms with Gasteiger partial charge in [0.25, 0.3) is 0 Å². The molecule has 20 heavy (non-hydrogen) atoms. The van der Waals surface area contributed by atoms with Crippen molar-refractivity contribution in [1.82, 2.24) is 9.80 Å². The normalized spacial score (nSPS) is 16.6. The van der Waals surface area contributed by atoms with Crippen molar-refractivity contribution in [2.75, 3.05) is 46.1 Å². The van der Waals surface area contributed by atoms with Crippen molar-refractivity contribution in [3.05, 3.63) is 29.8 Å². The van der Waals surface area contributed by atoms with Crippen LogP contribution >= 0.6 is 0 Å². The minimum absolute atomic E-state index is 0.0486. The number of nitrogens with two attached hydrogens (primary N) is 1. The number of nitrogen functional groups attached to an aromatic ring is 1. The van der Waals surface area contributed by atoms with Crippen molar-refractivity contribution in [2.45, 2.75) is 0 Å². The molecule has 1 aromatic carbocycles. The molecule has 1 amide bonds. The van der Waals surface area contributed by atoms with Crippen LogP contribution in [-0.2, 0) is 4.79 Å². The van der Waals surface area contributed by atoms with E-state index in [1.807, 2.05) is 11.0 Å². The molecule has 0 saturated carbocycles. The number of hydrogen-bond donors (Lipinski definition) is 1. The van der Waals surface area contributed by atoms with Crippen LogP contribution in [0.2, 0.25) is 0 Å². The molecule has 108 valence electrons. The van der Waals surface area contributed by atoms with E-state index in [2.05, 4.69) is 11.9 Å². The molecule has 2 N–H and O–H groups in total. The highest BCUT2D eigenvalue weighted by molar-refractivity contribution is 5.92. The lowest BCUT2D eigenvalue weighted by Gasteiger charge is -2.31. The maximum Gasteiger partial charge on any atom is 0.246 e. The number of carbonyl (C=O) groups is 1. The van der Waals surface area contributed by atoms with E-state index in [-0.39, 0.29) is 5.91 Å². The summed E-state index contributed by atoms with van der Waals surface area (Å²) >= 11 is 0.